The fourth-order valence-electron chi connectivity index (χ4n) is 7.95. The van der Waals surface area contributed by atoms with Crippen LogP contribution in [0.5, 0.6) is 0 Å². The van der Waals surface area contributed by atoms with Gasteiger partial charge in [-0.15, -0.1) is 0 Å². The Bertz CT molecular complexity index is 3260. The molecule has 0 unspecified atom stereocenters. The van der Waals surface area contributed by atoms with Crippen LogP contribution in [0, 0.1) is 0 Å². The summed E-state index contributed by atoms with van der Waals surface area (Å²) in [5, 5.41) is 9.09. The van der Waals surface area contributed by atoms with E-state index >= 15 is 0 Å². The zero-order chi connectivity index (χ0) is 36.3. The van der Waals surface area contributed by atoms with Crippen LogP contribution in [0.3, 0.4) is 0 Å². The molecule has 0 aliphatic carbocycles. The number of hydrogen-bond acceptors (Lipinski definition) is 4. The number of nitrogens with zero attached hydrogens (tertiary/aromatic N) is 3. The lowest BCUT2D eigenvalue weighted by Crippen LogP contribution is -2.00. The van der Waals surface area contributed by atoms with Crippen LogP contribution in [-0.4, -0.2) is 15.0 Å². The second-order valence-electron chi connectivity index (χ2n) is 14.0. The van der Waals surface area contributed by atoms with Gasteiger partial charge in [-0.3, -0.25) is 0 Å². The Morgan fingerprint density at radius 1 is 0.309 bits per heavy atom. The third-order valence-corrected chi connectivity index (χ3v) is 10.7. The van der Waals surface area contributed by atoms with Crippen LogP contribution in [-0.2, 0) is 0 Å². The van der Waals surface area contributed by atoms with Gasteiger partial charge in [0.15, 0.2) is 17.5 Å². The maximum Gasteiger partial charge on any atom is 0.164 e. The van der Waals surface area contributed by atoms with Gasteiger partial charge in [0.1, 0.15) is 11.2 Å². The molecule has 0 fully saturated rings. The smallest absolute Gasteiger partial charge is 0.164 e. The van der Waals surface area contributed by atoms with E-state index in [0.717, 1.165) is 66.1 Å². The molecule has 0 bridgehead atoms. The molecule has 0 amide bonds. The highest BCUT2D eigenvalue weighted by molar-refractivity contribution is 6.22. The van der Waals surface area contributed by atoms with Crippen molar-refractivity contribution in [3.05, 3.63) is 188 Å². The van der Waals surface area contributed by atoms with Gasteiger partial charge in [-0.2, -0.15) is 0 Å². The normalized spacial score (nSPS) is 11.6. The summed E-state index contributed by atoms with van der Waals surface area (Å²) in [7, 11) is 0. The standard InChI is InChI=1S/C51H31N3O/c1-2-13-35(14-3-1)49-52-50(36-25-21-34(22-26-36)39-27-23-32-11-4-6-15-37(32)29-39)54-51(53-49)43-19-10-20-46-47(43)45-31-44(41-17-8-9-18-42(41)48(45)55-46)40-28-24-33-12-5-7-16-38(33)30-40/h1-31H. The molecule has 0 N–H and O–H groups in total. The van der Waals surface area contributed by atoms with Crippen molar-refractivity contribution in [1.29, 1.82) is 0 Å². The van der Waals surface area contributed by atoms with Crippen molar-refractivity contribution >= 4 is 54.3 Å². The lowest BCUT2D eigenvalue weighted by molar-refractivity contribution is 0.673. The molecule has 0 atom stereocenters. The molecule has 2 aromatic heterocycles. The van der Waals surface area contributed by atoms with E-state index in [4.69, 9.17) is 19.4 Å². The summed E-state index contributed by atoms with van der Waals surface area (Å²) in [4.78, 5) is 15.4. The number of rotatable bonds is 5. The Balaban J connectivity index is 1.10. The number of benzene rings is 9. The Kier molecular flexibility index (Phi) is 7.14. The predicted molar refractivity (Wildman–Crippen MR) is 227 cm³/mol. The highest BCUT2D eigenvalue weighted by Gasteiger charge is 2.21. The van der Waals surface area contributed by atoms with E-state index in [-0.39, 0.29) is 0 Å². The van der Waals surface area contributed by atoms with Gasteiger partial charge in [0.05, 0.1) is 0 Å². The molecule has 0 aliphatic rings. The zero-order valence-corrected chi connectivity index (χ0v) is 29.6. The summed E-state index contributed by atoms with van der Waals surface area (Å²) in [6, 6.07) is 65.8. The van der Waals surface area contributed by atoms with E-state index in [9.17, 15) is 0 Å². The summed E-state index contributed by atoms with van der Waals surface area (Å²) in [6.07, 6.45) is 0. The van der Waals surface area contributed by atoms with Crippen molar-refractivity contribution < 1.29 is 4.42 Å². The molecule has 0 saturated heterocycles. The van der Waals surface area contributed by atoms with E-state index in [1.807, 2.05) is 42.5 Å². The van der Waals surface area contributed by atoms with Gasteiger partial charge in [0.2, 0.25) is 0 Å². The number of fused-ring (bicyclic) bond motifs is 7. The van der Waals surface area contributed by atoms with Crippen molar-refractivity contribution in [2.75, 3.05) is 0 Å². The third-order valence-electron chi connectivity index (χ3n) is 10.7. The fourth-order valence-corrected chi connectivity index (χ4v) is 7.95. The minimum atomic E-state index is 0.594. The first-order valence-corrected chi connectivity index (χ1v) is 18.5. The molecule has 2 heterocycles. The molecule has 4 heteroatoms. The van der Waals surface area contributed by atoms with Crippen molar-refractivity contribution in [1.82, 2.24) is 15.0 Å². The molecular weight excluding hydrogens is 671 g/mol. The lowest BCUT2D eigenvalue weighted by Gasteiger charge is -2.11. The molecule has 55 heavy (non-hydrogen) atoms. The van der Waals surface area contributed by atoms with Gasteiger partial charge in [-0.1, -0.05) is 164 Å². The lowest BCUT2D eigenvalue weighted by atomic mass is 9.93. The molecule has 256 valence electrons. The molecule has 11 aromatic rings. The summed E-state index contributed by atoms with van der Waals surface area (Å²) in [5.74, 6) is 1.82. The first-order valence-electron chi connectivity index (χ1n) is 18.5. The number of hydrogen-bond donors (Lipinski definition) is 0. The van der Waals surface area contributed by atoms with Gasteiger partial charge in [-0.05, 0) is 73.5 Å². The SMILES string of the molecule is c1ccc(-c2nc(-c3ccc(-c4ccc5ccccc5c4)cc3)nc(-c3cccc4oc5c6ccccc6c(-c6ccc7ccccc7c6)cc5c34)n2)cc1. The first kappa shape index (κ1) is 31.1. The summed E-state index contributed by atoms with van der Waals surface area (Å²) >= 11 is 0. The molecule has 11 rings (SSSR count). The van der Waals surface area contributed by atoms with Crippen LogP contribution >= 0.6 is 0 Å². The topological polar surface area (TPSA) is 51.8 Å². The second-order valence-corrected chi connectivity index (χ2v) is 14.0. The molecule has 9 aromatic carbocycles. The minimum Gasteiger partial charge on any atom is -0.455 e. The van der Waals surface area contributed by atoms with Gasteiger partial charge in [0.25, 0.3) is 0 Å². The van der Waals surface area contributed by atoms with E-state index in [1.54, 1.807) is 0 Å². The quantitative estimate of drug-likeness (QED) is 0.179. The van der Waals surface area contributed by atoms with Gasteiger partial charge >= 0.3 is 0 Å². The fraction of sp³-hybridized carbons (Fsp3) is 0. The molecular formula is C51H31N3O. The Labute approximate surface area is 317 Å². The van der Waals surface area contributed by atoms with Gasteiger partial charge < -0.3 is 4.42 Å². The third kappa shape index (κ3) is 5.34. The van der Waals surface area contributed by atoms with Crippen LogP contribution in [0.15, 0.2) is 192 Å². The summed E-state index contributed by atoms with van der Waals surface area (Å²) < 4.78 is 6.73. The second kappa shape index (κ2) is 12.6. The summed E-state index contributed by atoms with van der Waals surface area (Å²) in [5.41, 5.74) is 8.99. The minimum absolute atomic E-state index is 0.594. The largest absolute Gasteiger partial charge is 0.455 e. The van der Waals surface area contributed by atoms with E-state index in [0.29, 0.717) is 17.5 Å². The molecule has 0 saturated carbocycles. The van der Waals surface area contributed by atoms with Gasteiger partial charge in [-0.25, -0.2) is 15.0 Å². The van der Waals surface area contributed by atoms with Crippen LogP contribution < -0.4 is 0 Å². The average Bonchev–Trinajstić information content (AvgIpc) is 3.65. The zero-order valence-electron chi connectivity index (χ0n) is 29.6. The summed E-state index contributed by atoms with van der Waals surface area (Å²) in [6.45, 7) is 0. The Morgan fingerprint density at radius 2 is 0.855 bits per heavy atom. The van der Waals surface area contributed by atoms with Crippen LogP contribution in [0.1, 0.15) is 0 Å². The first-order chi connectivity index (χ1) is 27.2. The predicted octanol–water partition coefficient (Wildman–Crippen LogP) is 13.6. The monoisotopic (exact) mass is 701 g/mol. The number of furan rings is 1. The van der Waals surface area contributed by atoms with E-state index in [1.165, 1.54) is 27.1 Å². The Morgan fingerprint density at radius 3 is 1.58 bits per heavy atom. The molecule has 0 aliphatic heterocycles. The van der Waals surface area contributed by atoms with Crippen LogP contribution in [0.25, 0.3) is 111 Å². The maximum atomic E-state index is 6.73. The highest BCUT2D eigenvalue weighted by Crippen LogP contribution is 2.43. The van der Waals surface area contributed by atoms with Crippen LogP contribution in [0.2, 0.25) is 0 Å². The van der Waals surface area contributed by atoms with Gasteiger partial charge in [0, 0.05) is 32.8 Å². The average molecular weight is 702 g/mol. The molecule has 0 radical (unpaired) electrons. The Hall–Kier alpha value is -7.43. The van der Waals surface area contributed by atoms with E-state index < -0.39 is 0 Å². The van der Waals surface area contributed by atoms with Crippen molar-refractivity contribution in [2.45, 2.75) is 0 Å². The molecule has 4 nitrogen and oxygen atoms in total. The van der Waals surface area contributed by atoms with Crippen molar-refractivity contribution in [3.63, 3.8) is 0 Å². The van der Waals surface area contributed by atoms with Crippen LogP contribution in [0.4, 0.5) is 0 Å². The number of aromatic nitrogens is 3. The molecule has 0 spiro atoms. The van der Waals surface area contributed by atoms with Crippen molar-refractivity contribution in [2.24, 2.45) is 0 Å². The van der Waals surface area contributed by atoms with E-state index in [2.05, 4.69) is 146 Å². The maximum absolute atomic E-state index is 6.73. The van der Waals surface area contributed by atoms with Crippen molar-refractivity contribution in [3.8, 4) is 56.4 Å². The highest BCUT2D eigenvalue weighted by atomic mass is 16.3.